The summed E-state index contributed by atoms with van der Waals surface area (Å²) in [5.74, 6) is 1.90. The molecule has 0 bridgehead atoms. The van der Waals surface area contributed by atoms with Gasteiger partial charge in [0.2, 0.25) is 0 Å². The van der Waals surface area contributed by atoms with Crippen molar-refractivity contribution in [3.05, 3.63) is 78.4 Å². The molecule has 2 N–H and O–H groups in total. The van der Waals surface area contributed by atoms with Gasteiger partial charge in [-0.3, -0.25) is 0 Å². The van der Waals surface area contributed by atoms with E-state index in [2.05, 4.69) is 15.6 Å². The van der Waals surface area contributed by atoms with Gasteiger partial charge in [-0.2, -0.15) is 0 Å². The Bertz CT molecular complexity index is 722. The van der Waals surface area contributed by atoms with E-state index in [9.17, 15) is 0 Å². The Hall–Kier alpha value is -2.75. The number of imidazole rings is 1. The third-order valence-electron chi connectivity index (χ3n) is 3.44. The summed E-state index contributed by atoms with van der Waals surface area (Å²) in [5, 5.41) is 0. The van der Waals surface area contributed by atoms with Crippen molar-refractivity contribution in [2.75, 3.05) is 12.3 Å². The fraction of sp³-hybridized carbons (Fsp3) is 0.167. The van der Waals surface area contributed by atoms with E-state index in [4.69, 9.17) is 10.5 Å². The molecular formula is C18H19N3O. The number of para-hydroxylation sites is 1. The van der Waals surface area contributed by atoms with Gasteiger partial charge in [-0.05, 0) is 29.8 Å². The first kappa shape index (κ1) is 14.2. The zero-order chi connectivity index (χ0) is 15.2. The van der Waals surface area contributed by atoms with E-state index in [0.29, 0.717) is 6.61 Å². The third kappa shape index (κ3) is 3.67. The first-order valence-electron chi connectivity index (χ1n) is 7.33. The van der Waals surface area contributed by atoms with Crippen LogP contribution in [0.1, 0.15) is 11.4 Å². The molecule has 4 nitrogen and oxygen atoms in total. The Labute approximate surface area is 130 Å². The molecule has 0 radical (unpaired) electrons. The number of aromatic nitrogens is 2. The number of benzene rings is 2. The minimum absolute atomic E-state index is 0.609. The minimum Gasteiger partial charge on any atom is -0.493 e. The highest BCUT2D eigenvalue weighted by Crippen LogP contribution is 2.12. The van der Waals surface area contributed by atoms with E-state index >= 15 is 0 Å². The average molecular weight is 293 g/mol. The van der Waals surface area contributed by atoms with Gasteiger partial charge >= 0.3 is 0 Å². The van der Waals surface area contributed by atoms with E-state index in [-0.39, 0.29) is 0 Å². The van der Waals surface area contributed by atoms with Gasteiger partial charge in [-0.1, -0.05) is 30.3 Å². The SMILES string of the molecule is Nc1cccc(Cn2ccnc2CCOc2ccccc2)c1. The van der Waals surface area contributed by atoms with E-state index in [1.807, 2.05) is 60.9 Å². The van der Waals surface area contributed by atoms with Crippen molar-refractivity contribution >= 4 is 5.69 Å². The monoisotopic (exact) mass is 293 g/mol. The van der Waals surface area contributed by atoms with Crippen molar-refractivity contribution in [1.82, 2.24) is 9.55 Å². The lowest BCUT2D eigenvalue weighted by Crippen LogP contribution is -2.09. The van der Waals surface area contributed by atoms with Crippen molar-refractivity contribution in [2.24, 2.45) is 0 Å². The molecule has 0 saturated heterocycles. The Morgan fingerprint density at radius 1 is 1.05 bits per heavy atom. The van der Waals surface area contributed by atoms with Crippen molar-refractivity contribution in [1.29, 1.82) is 0 Å². The van der Waals surface area contributed by atoms with Crippen LogP contribution in [-0.2, 0) is 13.0 Å². The average Bonchev–Trinajstić information content (AvgIpc) is 2.96. The van der Waals surface area contributed by atoms with Crippen LogP contribution in [0, 0.1) is 0 Å². The Morgan fingerprint density at radius 3 is 2.73 bits per heavy atom. The summed E-state index contributed by atoms with van der Waals surface area (Å²) in [4.78, 5) is 4.42. The predicted octanol–water partition coefficient (Wildman–Crippen LogP) is 3.14. The molecule has 0 amide bonds. The molecule has 0 atom stereocenters. The summed E-state index contributed by atoms with van der Waals surface area (Å²) in [6.07, 6.45) is 4.58. The Balaban J connectivity index is 1.60. The summed E-state index contributed by atoms with van der Waals surface area (Å²) in [5.41, 5.74) is 7.78. The van der Waals surface area contributed by atoms with Crippen molar-refractivity contribution in [2.45, 2.75) is 13.0 Å². The number of hydrogen-bond donors (Lipinski definition) is 1. The quantitative estimate of drug-likeness (QED) is 0.710. The highest BCUT2D eigenvalue weighted by molar-refractivity contribution is 5.40. The van der Waals surface area contributed by atoms with Gasteiger partial charge in [-0.15, -0.1) is 0 Å². The van der Waals surface area contributed by atoms with Gasteiger partial charge in [0.1, 0.15) is 11.6 Å². The van der Waals surface area contributed by atoms with E-state index in [1.165, 1.54) is 5.56 Å². The number of ether oxygens (including phenoxy) is 1. The van der Waals surface area contributed by atoms with E-state index in [1.54, 1.807) is 0 Å². The maximum absolute atomic E-state index is 5.83. The van der Waals surface area contributed by atoms with Gasteiger partial charge in [0.25, 0.3) is 0 Å². The van der Waals surface area contributed by atoms with Gasteiger partial charge in [0.05, 0.1) is 6.61 Å². The van der Waals surface area contributed by atoms with Crippen LogP contribution in [-0.4, -0.2) is 16.2 Å². The predicted molar refractivity (Wildman–Crippen MR) is 87.8 cm³/mol. The lowest BCUT2D eigenvalue weighted by molar-refractivity contribution is 0.317. The molecule has 112 valence electrons. The Kier molecular flexibility index (Phi) is 4.39. The molecule has 4 heteroatoms. The summed E-state index contributed by atoms with van der Waals surface area (Å²) < 4.78 is 7.86. The second-order valence-corrected chi connectivity index (χ2v) is 5.13. The standard InChI is InChI=1S/C18H19N3O/c19-16-6-4-5-15(13-16)14-21-11-10-20-18(21)9-12-22-17-7-2-1-3-8-17/h1-8,10-11,13H,9,12,14,19H2. The van der Waals surface area contributed by atoms with Crippen molar-refractivity contribution in [3.8, 4) is 5.75 Å². The summed E-state index contributed by atoms with van der Waals surface area (Å²) in [7, 11) is 0. The van der Waals surface area contributed by atoms with Gasteiger partial charge in [0.15, 0.2) is 0 Å². The van der Waals surface area contributed by atoms with Crippen LogP contribution in [0.15, 0.2) is 67.0 Å². The van der Waals surface area contributed by atoms with Gasteiger partial charge < -0.3 is 15.0 Å². The molecule has 3 rings (SSSR count). The van der Waals surface area contributed by atoms with Crippen molar-refractivity contribution < 1.29 is 4.74 Å². The zero-order valence-electron chi connectivity index (χ0n) is 12.4. The molecule has 0 aliphatic heterocycles. The topological polar surface area (TPSA) is 53.1 Å². The van der Waals surface area contributed by atoms with Gasteiger partial charge in [-0.25, -0.2) is 4.98 Å². The molecule has 22 heavy (non-hydrogen) atoms. The third-order valence-corrected chi connectivity index (χ3v) is 3.44. The molecule has 3 aromatic rings. The first-order valence-corrected chi connectivity index (χ1v) is 7.33. The first-order chi connectivity index (χ1) is 10.8. The fourth-order valence-electron chi connectivity index (χ4n) is 2.38. The summed E-state index contributed by atoms with van der Waals surface area (Å²) >= 11 is 0. The maximum Gasteiger partial charge on any atom is 0.119 e. The van der Waals surface area contributed by atoms with Crippen LogP contribution in [0.3, 0.4) is 0 Å². The molecule has 1 heterocycles. The number of anilines is 1. The number of nitrogens with two attached hydrogens (primary N) is 1. The van der Waals surface area contributed by atoms with Crippen LogP contribution in [0.25, 0.3) is 0 Å². The fourth-order valence-corrected chi connectivity index (χ4v) is 2.38. The molecule has 0 fully saturated rings. The van der Waals surface area contributed by atoms with Crippen LogP contribution in [0.5, 0.6) is 5.75 Å². The molecule has 0 saturated carbocycles. The molecule has 1 aromatic heterocycles. The zero-order valence-corrected chi connectivity index (χ0v) is 12.4. The normalized spacial score (nSPS) is 10.5. The lowest BCUT2D eigenvalue weighted by atomic mass is 10.2. The molecule has 0 aliphatic carbocycles. The number of hydrogen-bond acceptors (Lipinski definition) is 3. The largest absolute Gasteiger partial charge is 0.493 e. The Morgan fingerprint density at radius 2 is 1.91 bits per heavy atom. The second-order valence-electron chi connectivity index (χ2n) is 5.13. The van der Waals surface area contributed by atoms with E-state index in [0.717, 1.165) is 30.2 Å². The van der Waals surface area contributed by atoms with Crippen LogP contribution in [0.2, 0.25) is 0 Å². The minimum atomic E-state index is 0.609. The molecule has 0 spiro atoms. The number of rotatable bonds is 6. The number of nitrogens with zero attached hydrogens (tertiary/aromatic N) is 2. The molecule has 0 aliphatic rings. The molecule has 0 unspecified atom stereocenters. The van der Waals surface area contributed by atoms with E-state index < -0.39 is 0 Å². The van der Waals surface area contributed by atoms with Crippen LogP contribution in [0.4, 0.5) is 5.69 Å². The lowest BCUT2D eigenvalue weighted by Gasteiger charge is -2.09. The number of nitrogen functional groups attached to an aromatic ring is 1. The maximum atomic E-state index is 5.83. The van der Waals surface area contributed by atoms with Crippen LogP contribution < -0.4 is 10.5 Å². The molecular weight excluding hydrogens is 274 g/mol. The smallest absolute Gasteiger partial charge is 0.119 e. The van der Waals surface area contributed by atoms with Gasteiger partial charge in [0, 0.05) is 31.0 Å². The summed E-state index contributed by atoms with van der Waals surface area (Å²) in [6.45, 7) is 1.38. The van der Waals surface area contributed by atoms with Crippen molar-refractivity contribution in [3.63, 3.8) is 0 Å². The molecule has 2 aromatic carbocycles. The van der Waals surface area contributed by atoms with Crippen LogP contribution >= 0.6 is 0 Å². The summed E-state index contributed by atoms with van der Waals surface area (Å²) in [6, 6.07) is 17.8. The highest BCUT2D eigenvalue weighted by Gasteiger charge is 2.04. The highest BCUT2D eigenvalue weighted by atomic mass is 16.5. The second kappa shape index (κ2) is 6.80.